The molecule has 1 nitrogen and oxygen atoms in total. The Balaban J connectivity index is 3.29. The molecule has 1 aromatic rings. The van der Waals surface area contributed by atoms with Gasteiger partial charge in [0.05, 0.1) is 7.40 Å². The summed E-state index contributed by atoms with van der Waals surface area (Å²) in [5, 5.41) is 0. The van der Waals surface area contributed by atoms with Crippen LogP contribution in [0.1, 0.15) is 5.56 Å². The number of nitrogens with zero attached hydrogens (tertiary/aromatic N) is 1. The summed E-state index contributed by atoms with van der Waals surface area (Å²) in [4.78, 5) is 0. The molecule has 0 unspecified atom stereocenters. The zero-order valence-electron chi connectivity index (χ0n) is 5.28. The number of aromatic nitrogens is 1. The minimum atomic E-state index is 1.30. The molecule has 3 heteroatoms. The molecule has 1 aromatic heterocycles. The van der Waals surface area contributed by atoms with Crippen molar-refractivity contribution in [3.05, 3.63) is 19.0 Å². The van der Waals surface area contributed by atoms with Crippen LogP contribution in [-0.4, -0.2) is 4.57 Å². The maximum Gasteiger partial charge on any atom is 0.0833 e. The highest BCUT2D eigenvalue weighted by atomic mass is 127. The molecule has 0 saturated heterocycles. The third-order valence-electron chi connectivity index (χ3n) is 1.28. The van der Waals surface area contributed by atoms with E-state index in [4.69, 9.17) is 0 Å². The molecular formula is C6H7I2N. The molecular weight excluding hydrogens is 340 g/mol. The Hall–Kier alpha value is 0.740. The second-order valence-electron chi connectivity index (χ2n) is 2.00. The van der Waals surface area contributed by atoms with E-state index in [1.165, 1.54) is 13.0 Å². The highest BCUT2D eigenvalue weighted by molar-refractivity contribution is 14.1. The zero-order chi connectivity index (χ0) is 7.02. The summed E-state index contributed by atoms with van der Waals surface area (Å²) in [5.41, 5.74) is 1.36. The summed E-state index contributed by atoms with van der Waals surface area (Å²) in [6, 6.07) is 2.18. The van der Waals surface area contributed by atoms with E-state index >= 15 is 0 Å². The second-order valence-corrected chi connectivity index (χ2v) is 4.13. The Kier molecular flexibility index (Phi) is 2.42. The van der Waals surface area contributed by atoms with Crippen molar-refractivity contribution < 1.29 is 0 Å². The smallest absolute Gasteiger partial charge is 0.0833 e. The normalized spacial score (nSPS) is 10.2. The van der Waals surface area contributed by atoms with E-state index in [1.54, 1.807) is 0 Å². The first-order valence-corrected chi connectivity index (χ1v) is 4.76. The number of rotatable bonds is 0. The highest BCUT2D eigenvalue weighted by Crippen LogP contribution is 2.16. The van der Waals surface area contributed by atoms with Crippen molar-refractivity contribution in [3.8, 4) is 0 Å². The molecule has 0 aromatic carbocycles. The maximum atomic E-state index is 2.35. The maximum absolute atomic E-state index is 2.35. The van der Waals surface area contributed by atoms with E-state index < -0.39 is 0 Å². The molecule has 0 bridgehead atoms. The van der Waals surface area contributed by atoms with Crippen molar-refractivity contribution in [2.75, 3.05) is 0 Å². The minimum absolute atomic E-state index is 1.30. The standard InChI is InChI=1S/C6H7I2N/c1-4-3-5(7)9(2)6(4)8/h3H,1-2H3. The van der Waals surface area contributed by atoms with Gasteiger partial charge in [-0.2, -0.15) is 0 Å². The predicted octanol–water partition coefficient (Wildman–Crippen LogP) is 2.54. The van der Waals surface area contributed by atoms with Crippen molar-refractivity contribution in [3.63, 3.8) is 0 Å². The van der Waals surface area contributed by atoms with Gasteiger partial charge in [0, 0.05) is 7.05 Å². The lowest BCUT2D eigenvalue weighted by molar-refractivity contribution is 0.868. The third-order valence-corrected chi connectivity index (χ3v) is 3.89. The topological polar surface area (TPSA) is 4.93 Å². The Morgan fingerprint density at radius 3 is 2.11 bits per heavy atom. The van der Waals surface area contributed by atoms with Gasteiger partial charge in [-0.05, 0) is 63.7 Å². The monoisotopic (exact) mass is 347 g/mol. The minimum Gasteiger partial charge on any atom is -0.334 e. The van der Waals surface area contributed by atoms with Gasteiger partial charge in [-0.15, -0.1) is 0 Å². The lowest BCUT2D eigenvalue weighted by Gasteiger charge is -1.94. The summed E-state index contributed by atoms with van der Waals surface area (Å²) in [5.74, 6) is 0. The SMILES string of the molecule is Cc1cc(I)n(C)c1I. The fourth-order valence-corrected chi connectivity index (χ4v) is 2.28. The van der Waals surface area contributed by atoms with Crippen molar-refractivity contribution in [1.29, 1.82) is 0 Å². The van der Waals surface area contributed by atoms with E-state index in [0.29, 0.717) is 0 Å². The van der Waals surface area contributed by atoms with Crippen LogP contribution in [0, 0.1) is 14.3 Å². The largest absolute Gasteiger partial charge is 0.334 e. The van der Waals surface area contributed by atoms with Crippen LogP contribution in [0.5, 0.6) is 0 Å². The molecule has 0 aliphatic carbocycles. The number of hydrogen-bond donors (Lipinski definition) is 0. The predicted molar refractivity (Wildman–Crippen MR) is 55.6 cm³/mol. The van der Waals surface area contributed by atoms with Crippen LogP contribution in [0.2, 0.25) is 0 Å². The molecule has 0 saturated carbocycles. The van der Waals surface area contributed by atoms with Crippen LogP contribution in [-0.2, 0) is 7.05 Å². The molecule has 0 atom stereocenters. The van der Waals surface area contributed by atoms with Crippen LogP contribution in [0.3, 0.4) is 0 Å². The molecule has 50 valence electrons. The summed E-state index contributed by atoms with van der Waals surface area (Å²) in [7, 11) is 2.08. The molecule has 9 heavy (non-hydrogen) atoms. The summed E-state index contributed by atoms with van der Waals surface area (Å²) >= 11 is 4.68. The van der Waals surface area contributed by atoms with E-state index in [9.17, 15) is 0 Å². The second kappa shape index (κ2) is 2.77. The quantitative estimate of drug-likeness (QED) is 0.636. The molecule has 0 spiro atoms. The van der Waals surface area contributed by atoms with E-state index in [-0.39, 0.29) is 0 Å². The van der Waals surface area contributed by atoms with Gasteiger partial charge in [0.25, 0.3) is 0 Å². The first-order chi connectivity index (χ1) is 4.13. The zero-order valence-corrected chi connectivity index (χ0v) is 9.60. The summed E-state index contributed by atoms with van der Waals surface area (Å²) in [6.07, 6.45) is 0. The average molecular weight is 347 g/mol. The van der Waals surface area contributed by atoms with Gasteiger partial charge in [-0.3, -0.25) is 0 Å². The van der Waals surface area contributed by atoms with Crippen LogP contribution < -0.4 is 0 Å². The fourth-order valence-electron chi connectivity index (χ4n) is 0.693. The summed E-state index contributed by atoms with van der Waals surface area (Å²) in [6.45, 7) is 2.13. The highest BCUT2D eigenvalue weighted by Gasteiger charge is 2.01. The molecule has 0 radical (unpaired) electrons. The molecule has 0 aliphatic rings. The van der Waals surface area contributed by atoms with Gasteiger partial charge in [-0.25, -0.2) is 0 Å². The van der Waals surface area contributed by atoms with Crippen molar-refractivity contribution in [2.24, 2.45) is 7.05 Å². The van der Waals surface area contributed by atoms with Gasteiger partial charge >= 0.3 is 0 Å². The molecule has 0 fully saturated rings. The van der Waals surface area contributed by atoms with E-state index in [0.717, 1.165) is 0 Å². The average Bonchev–Trinajstić information content (AvgIpc) is 1.98. The van der Waals surface area contributed by atoms with Gasteiger partial charge in [-0.1, -0.05) is 0 Å². The molecule has 0 amide bonds. The third kappa shape index (κ3) is 1.42. The lowest BCUT2D eigenvalue weighted by Crippen LogP contribution is -1.92. The van der Waals surface area contributed by atoms with Gasteiger partial charge in [0.1, 0.15) is 0 Å². The first kappa shape index (κ1) is 7.84. The number of hydrogen-bond acceptors (Lipinski definition) is 0. The van der Waals surface area contributed by atoms with Crippen molar-refractivity contribution in [2.45, 2.75) is 6.92 Å². The van der Waals surface area contributed by atoms with Gasteiger partial charge in [0.15, 0.2) is 0 Å². The molecule has 1 rings (SSSR count). The number of aryl methyl sites for hydroxylation is 1. The molecule has 0 aliphatic heterocycles. The Morgan fingerprint density at radius 2 is 2.00 bits per heavy atom. The van der Waals surface area contributed by atoms with Crippen LogP contribution >= 0.6 is 45.2 Å². The van der Waals surface area contributed by atoms with Crippen LogP contribution in [0.25, 0.3) is 0 Å². The van der Waals surface area contributed by atoms with E-state index in [2.05, 4.69) is 69.8 Å². The Bertz CT molecular complexity index is 205. The Morgan fingerprint density at radius 1 is 1.44 bits per heavy atom. The van der Waals surface area contributed by atoms with Crippen molar-refractivity contribution in [1.82, 2.24) is 4.57 Å². The Labute approximate surface area is 82.1 Å². The van der Waals surface area contributed by atoms with E-state index in [1.807, 2.05) is 0 Å². The first-order valence-electron chi connectivity index (χ1n) is 2.60. The lowest BCUT2D eigenvalue weighted by atomic mass is 10.4. The van der Waals surface area contributed by atoms with Crippen LogP contribution in [0.4, 0.5) is 0 Å². The van der Waals surface area contributed by atoms with Gasteiger partial charge < -0.3 is 4.57 Å². The molecule has 0 N–H and O–H groups in total. The van der Waals surface area contributed by atoms with Gasteiger partial charge in [0.2, 0.25) is 0 Å². The van der Waals surface area contributed by atoms with Crippen molar-refractivity contribution >= 4 is 45.2 Å². The van der Waals surface area contributed by atoms with Crippen LogP contribution in [0.15, 0.2) is 6.07 Å². The fraction of sp³-hybridized carbons (Fsp3) is 0.333. The summed E-state index contributed by atoms with van der Waals surface area (Å²) < 4.78 is 4.81. The number of halogens is 2. The molecule has 1 heterocycles.